The summed E-state index contributed by atoms with van der Waals surface area (Å²) in [5, 5.41) is 11.7. The zero-order chi connectivity index (χ0) is 12.9. The largest absolute Gasteiger partial charge is 0.494 e. The molecule has 0 aliphatic carbocycles. The van der Waals surface area contributed by atoms with Crippen LogP contribution in [0.2, 0.25) is 0 Å². The maximum absolute atomic E-state index is 12.0. The minimum Gasteiger partial charge on any atom is -0.494 e. The Hall–Kier alpha value is -1.62. The van der Waals surface area contributed by atoms with Gasteiger partial charge in [-0.3, -0.25) is 9.78 Å². The molecule has 0 fully saturated rings. The van der Waals surface area contributed by atoms with Crippen LogP contribution in [0.25, 0.3) is 0 Å². The molecule has 0 aliphatic heterocycles. The van der Waals surface area contributed by atoms with Crippen LogP contribution in [0.4, 0.5) is 0 Å². The number of hydrogen-bond acceptors (Lipinski definition) is 4. The fraction of sp³-hybridized carbons (Fsp3) is 0.500. The van der Waals surface area contributed by atoms with E-state index in [4.69, 9.17) is 9.84 Å². The van der Waals surface area contributed by atoms with E-state index in [0.717, 1.165) is 0 Å². The molecule has 1 heterocycles. The molecule has 0 saturated carbocycles. The average molecular weight is 238 g/mol. The van der Waals surface area contributed by atoms with Crippen molar-refractivity contribution >= 4 is 5.91 Å². The third-order valence-electron chi connectivity index (χ3n) is 2.44. The van der Waals surface area contributed by atoms with Crippen molar-refractivity contribution in [2.75, 3.05) is 13.7 Å². The van der Waals surface area contributed by atoms with E-state index in [1.165, 1.54) is 19.5 Å². The van der Waals surface area contributed by atoms with Crippen molar-refractivity contribution in [1.82, 2.24) is 10.3 Å². The molecule has 1 amide bonds. The molecular formula is C12H18N2O3. The maximum Gasteiger partial charge on any atom is 0.255 e. The van der Waals surface area contributed by atoms with Gasteiger partial charge in [0.1, 0.15) is 5.75 Å². The molecule has 0 aliphatic rings. The molecule has 1 aromatic heterocycles. The van der Waals surface area contributed by atoms with Crippen molar-refractivity contribution in [3.05, 3.63) is 24.0 Å². The van der Waals surface area contributed by atoms with E-state index in [2.05, 4.69) is 10.3 Å². The molecule has 0 radical (unpaired) electrons. The third kappa shape index (κ3) is 3.71. The fourth-order valence-corrected chi connectivity index (χ4v) is 1.45. The Kier molecular flexibility index (Phi) is 4.45. The number of nitrogens with one attached hydrogen (secondary N) is 1. The second-order valence-electron chi connectivity index (χ2n) is 4.39. The molecule has 0 atom stereocenters. The summed E-state index contributed by atoms with van der Waals surface area (Å²) in [6.45, 7) is 3.74. The summed E-state index contributed by atoms with van der Waals surface area (Å²) in [4.78, 5) is 15.9. The van der Waals surface area contributed by atoms with E-state index in [-0.39, 0.29) is 12.5 Å². The number of nitrogens with zero attached hydrogens (tertiary/aromatic N) is 1. The molecule has 1 rings (SSSR count). The SMILES string of the molecule is COc1cnccc1C(=O)NC(C)(C)CCO. The van der Waals surface area contributed by atoms with Crippen molar-refractivity contribution in [2.24, 2.45) is 0 Å². The molecule has 2 N–H and O–H groups in total. The summed E-state index contributed by atoms with van der Waals surface area (Å²) < 4.78 is 5.07. The molecule has 0 bridgehead atoms. The van der Waals surface area contributed by atoms with Crippen molar-refractivity contribution in [1.29, 1.82) is 0 Å². The van der Waals surface area contributed by atoms with E-state index < -0.39 is 5.54 Å². The lowest BCUT2D eigenvalue weighted by Gasteiger charge is -2.25. The van der Waals surface area contributed by atoms with Gasteiger partial charge in [-0.05, 0) is 26.3 Å². The Bertz CT molecular complexity index is 391. The van der Waals surface area contributed by atoms with Crippen molar-refractivity contribution < 1.29 is 14.6 Å². The highest BCUT2D eigenvalue weighted by atomic mass is 16.5. The number of rotatable bonds is 5. The smallest absolute Gasteiger partial charge is 0.255 e. The predicted octanol–water partition coefficient (Wildman–Crippen LogP) is 0.981. The van der Waals surface area contributed by atoms with Gasteiger partial charge >= 0.3 is 0 Å². The number of ether oxygens (including phenoxy) is 1. The molecule has 0 spiro atoms. The lowest BCUT2D eigenvalue weighted by atomic mass is 10.0. The topological polar surface area (TPSA) is 71.5 Å². The van der Waals surface area contributed by atoms with E-state index in [1.54, 1.807) is 6.07 Å². The van der Waals surface area contributed by atoms with Gasteiger partial charge in [0.05, 0.1) is 18.9 Å². The third-order valence-corrected chi connectivity index (χ3v) is 2.44. The fourth-order valence-electron chi connectivity index (χ4n) is 1.45. The number of amides is 1. The van der Waals surface area contributed by atoms with Gasteiger partial charge in [0, 0.05) is 18.3 Å². The summed E-state index contributed by atoms with van der Waals surface area (Å²) in [6.07, 6.45) is 3.52. The molecule has 0 saturated heterocycles. The highest BCUT2D eigenvalue weighted by molar-refractivity contribution is 5.97. The van der Waals surface area contributed by atoms with Crippen molar-refractivity contribution in [2.45, 2.75) is 25.8 Å². The number of pyridine rings is 1. The summed E-state index contributed by atoms with van der Waals surface area (Å²) in [6, 6.07) is 1.60. The Morgan fingerprint density at radius 1 is 1.59 bits per heavy atom. The van der Waals surface area contributed by atoms with E-state index in [1.807, 2.05) is 13.8 Å². The first-order valence-corrected chi connectivity index (χ1v) is 5.41. The van der Waals surface area contributed by atoms with E-state index in [0.29, 0.717) is 17.7 Å². The van der Waals surface area contributed by atoms with Gasteiger partial charge in [0.2, 0.25) is 0 Å². The summed E-state index contributed by atoms with van der Waals surface area (Å²) in [5.41, 5.74) is -0.0198. The summed E-state index contributed by atoms with van der Waals surface area (Å²) in [7, 11) is 1.49. The highest BCUT2D eigenvalue weighted by Gasteiger charge is 2.22. The lowest BCUT2D eigenvalue weighted by Crippen LogP contribution is -2.44. The van der Waals surface area contributed by atoms with Gasteiger partial charge in [0.15, 0.2) is 0 Å². The van der Waals surface area contributed by atoms with Crippen LogP contribution in [0.15, 0.2) is 18.5 Å². The van der Waals surface area contributed by atoms with Crippen LogP contribution < -0.4 is 10.1 Å². The monoisotopic (exact) mass is 238 g/mol. The maximum atomic E-state index is 12.0. The molecular weight excluding hydrogens is 220 g/mol. The van der Waals surface area contributed by atoms with Crippen LogP contribution in [0.3, 0.4) is 0 Å². The highest BCUT2D eigenvalue weighted by Crippen LogP contribution is 2.17. The number of hydrogen-bond donors (Lipinski definition) is 2. The predicted molar refractivity (Wildman–Crippen MR) is 64.0 cm³/mol. The number of carbonyl (C=O) groups is 1. The standard InChI is InChI=1S/C12H18N2O3/c1-12(2,5-7-15)14-11(16)9-4-6-13-8-10(9)17-3/h4,6,8,15H,5,7H2,1-3H3,(H,14,16). The molecule has 5 nitrogen and oxygen atoms in total. The van der Waals surface area contributed by atoms with Gasteiger partial charge in [-0.1, -0.05) is 0 Å². The van der Waals surface area contributed by atoms with Crippen LogP contribution in [0, 0.1) is 0 Å². The van der Waals surface area contributed by atoms with E-state index in [9.17, 15) is 4.79 Å². The molecule has 94 valence electrons. The van der Waals surface area contributed by atoms with Gasteiger partial charge in [-0.15, -0.1) is 0 Å². The normalized spacial score (nSPS) is 11.1. The van der Waals surface area contributed by atoms with Crippen LogP contribution in [-0.4, -0.2) is 35.3 Å². The van der Waals surface area contributed by atoms with Gasteiger partial charge < -0.3 is 15.2 Å². The molecule has 0 unspecified atom stereocenters. The number of aliphatic hydroxyl groups is 1. The molecule has 5 heteroatoms. The molecule has 1 aromatic rings. The second kappa shape index (κ2) is 5.63. The minimum atomic E-state index is -0.458. The zero-order valence-electron chi connectivity index (χ0n) is 10.4. The van der Waals surface area contributed by atoms with Crippen molar-refractivity contribution in [3.63, 3.8) is 0 Å². The Morgan fingerprint density at radius 3 is 2.88 bits per heavy atom. The Morgan fingerprint density at radius 2 is 2.29 bits per heavy atom. The second-order valence-corrected chi connectivity index (χ2v) is 4.39. The van der Waals surface area contributed by atoms with Crippen molar-refractivity contribution in [3.8, 4) is 5.75 Å². The van der Waals surface area contributed by atoms with Crippen LogP contribution in [0.5, 0.6) is 5.75 Å². The van der Waals surface area contributed by atoms with Gasteiger partial charge in [0.25, 0.3) is 5.91 Å². The van der Waals surface area contributed by atoms with E-state index >= 15 is 0 Å². The quantitative estimate of drug-likeness (QED) is 0.802. The zero-order valence-corrected chi connectivity index (χ0v) is 10.4. The Labute approximate surface area is 101 Å². The average Bonchev–Trinajstić information content (AvgIpc) is 2.28. The number of aliphatic hydroxyl groups excluding tert-OH is 1. The summed E-state index contributed by atoms with van der Waals surface area (Å²) in [5.74, 6) is 0.201. The first-order chi connectivity index (χ1) is 8.00. The number of carbonyl (C=O) groups excluding carboxylic acids is 1. The lowest BCUT2D eigenvalue weighted by molar-refractivity contribution is 0.0896. The minimum absolute atomic E-state index is 0.0285. The van der Waals surface area contributed by atoms with Crippen LogP contribution in [-0.2, 0) is 0 Å². The van der Waals surface area contributed by atoms with Crippen LogP contribution in [0.1, 0.15) is 30.6 Å². The number of aromatic nitrogens is 1. The van der Waals surface area contributed by atoms with Gasteiger partial charge in [-0.2, -0.15) is 0 Å². The molecule has 0 aromatic carbocycles. The molecule has 17 heavy (non-hydrogen) atoms. The number of methoxy groups -OCH3 is 1. The summed E-state index contributed by atoms with van der Waals surface area (Å²) >= 11 is 0. The van der Waals surface area contributed by atoms with Gasteiger partial charge in [-0.25, -0.2) is 0 Å². The first-order valence-electron chi connectivity index (χ1n) is 5.41. The van der Waals surface area contributed by atoms with Crippen LogP contribution >= 0.6 is 0 Å². The first kappa shape index (κ1) is 13.4. The Balaban J connectivity index is 2.83.